The number of ether oxygens (including phenoxy) is 3. The van der Waals surface area contributed by atoms with Crippen molar-refractivity contribution in [3.8, 4) is 0 Å². The first-order chi connectivity index (χ1) is 25.2. The van der Waals surface area contributed by atoms with Crippen molar-refractivity contribution in [3.05, 3.63) is 80.3 Å². The van der Waals surface area contributed by atoms with Crippen LogP contribution in [0.1, 0.15) is 24.0 Å². The van der Waals surface area contributed by atoms with E-state index >= 15 is 0 Å². The maximum absolute atomic E-state index is 15.0. The fraction of sp³-hybridized carbons (Fsp3) is 0.441. The van der Waals surface area contributed by atoms with Crippen LogP contribution in [0.3, 0.4) is 0 Å². The number of alkyl carbamates (subject to hydrolysis) is 1. The summed E-state index contributed by atoms with van der Waals surface area (Å²) in [6, 6.07) is 9.44. The lowest BCUT2D eigenvalue weighted by molar-refractivity contribution is -0.159. The molecule has 14 nitrogen and oxygen atoms in total. The molecule has 4 aliphatic carbocycles. The number of amides is 1. The van der Waals surface area contributed by atoms with Crippen LogP contribution in [0.5, 0.6) is 0 Å². The maximum atomic E-state index is 15.0. The van der Waals surface area contributed by atoms with Crippen molar-refractivity contribution in [2.45, 2.75) is 60.7 Å². The molecular weight excluding hydrogens is 808 g/mol. The minimum absolute atomic E-state index is 0.000414. The molecule has 4 saturated carbocycles. The number of aliphatic carboxylic acids is 4. The summed E-state index contributed by atoms with van der Waals surface area (Å²) in [4.78, 5) is 58.4. The standard InChI is InChI=1S/C19H18Cl2FNO7.C15H14Cl2FNO5/c1-2-5-29-17(28)23-19(16(26)27)13(7-10-14(19)18(10,22)15(24)25)30-8-9-3-4-11(20)12(21)6-9;16-8-2-1-6(3-9(8)17)5-24-10-4-7-11(14(7,18)12(20)21)15(10,19)13(22)23/h2-4,6,10,13-14H,1,5,7-8H2,(H,23,28)(H,24,25)(H,26,27);1-3,7,10-11H,4-5,19H2,(H,20,21)(H,22,23)/t10-,13-,14+,18-,19+;7-,10-,11+,14-,15+/m11/s1. The summed E-state index contributed by atoms with van der Waals surface area (Å²) in [5.74, 6) is -11.5. The number of carbonyl (C=O) groups is 5. The molecule has 4 aliphatic rings. The molecule has 10 atom stereocenters. The first-order valence-corrected chi connectivity index (χ1v) is 17.5. The zero-order chi connectivity index (χ0) is 40.1. The van der Waals surface area contributed by atoms with Gasteiger partial charge in [0.2, 0.25) is 11.3 Å². The van der Waals surface area contributed by atoms with Gasteiger partial charge in [-0.25, -0.2) is 28.0 Å². The quantitative estimate of drug-likeness (QED) is 0.143. The van der Waals surface area contributed by atoms with E-state index in [2.05, 4.69) is 11.9 Å². The zero-order valence-corrected chi connectivity index (χ0v) is 30.7. The summed E-state index contributed by atoms with van der Waals surface area (Å²) < 4.78 is 45.4. The van der Waals surface area contributed by atoms with Crippen LogP contribution in [-0.4, -0.2) is 91.6 Å². The summed E-state index contributed by atoms with van der Waals surface area (Å²) in [6.45, 7) is 3.04. The predicted octanol–water partition coefficient (Wildman–Crippen LogP) is 5.16. The highest BCUT2D eigenvalue weighted by Crippen LogP contribution is 2.68. The van der Waals surface area contributed by atoms with Crippen molar-refractivity contribution in [2.75, 3.05) is 6.61 Å². The summed E-state index contributed by atoms with van der Waals surface area (Å²) in [5, 5.41) is 41.0. The molecule has 4 fully saturated rings. The van der Waals surface area contributed by atoms with Gasteiger partial charge in [-0.2, -0.15) is 0 Å². The van der Waals surface area contributed by atoms with Gasteiger partial charge in [-0.1, -0.05) is 71.2 Å². The van der Waals surface area contributed by atoms with E-state index in [9.17, 15) is 48.1 Å². The lowest BCUT2D eigenvalue weighted by Gasteiger charge is -2.35. The Morgan fingerprint density at radius 2 is 1.22 bits per heavy atom. The molecule has 1 amide bonds. The number of carbonyl (C=O) groups excluding carboxylic acids is 1. The minimum Gasteiger partial charge on any atom is -0.480 e. The van der Waals surface area contributed by atoms with E-state index in [4.69, 9.17) is 71.5 Å². The van der Waals surface area contributed by atoms with E-state index in [1.54, 1.807) is 24.3 Å². The van der Waals surface area contributed by atoms with Crippen LogP contribution >= 0.6 is 46.4 Å². The molecular formula is C34H32Cl4F2N2O12. The smallest absolute Gasteiger partial charge is 0.408 e. The van der Waals surface area contributed by atoms with E-state index in [0.717, 1.165) is 0 Å². The molecule has 0 heterocycles. The Morgan fingerprint density at radius 3 is 1.67 bits per heavy atom. The number of nitrogens with one attached hydrogen (secondary N) is 1. The third kappa shape index (κ3) is 6.86. The summed E-state index contributed by atoms with van der Waals surface area (Å²) in [7, 11) is 0. The lowest BCUT2D eigenvalue weighted by atomic mass is 9.86. The molecule has 0 bridgehead atoms. The molecule has 20 heteroatoms. The third-order valence-corrected chi connectivity index (χ3v) is 11.9. The molecule has 0 radical (unpaired) electrons. The molecule has 6 rings (SSSR count). The van der Waals surface area contributed by atoms with Crippen molar-refractivity contribution in [1.82, 2.24) is 5.32 Å². The van der Waals surface area contributed by atoms with Crippen LogP contribution in [0.25, 0.3) is 0 Å². The van der Waals surface area contributed by atoms with Crippen LogP contribution in [0.4, 0.5) is 13.6 Å². The number of halogens is 6. The third-order valence-electron chi connectivity index (χ3n) is 10.4. The van der Waals surface area contributed by atoms with Gasteiger partial charge in [-0.15, -0.1) is 0 Å². The fourth-order valence-electron chi connectivity index (χ4n) is 7.77. The first-order valence-electron chi connectivity index (χ1n) is 16.0. The molecule has 7 N–H and O–H groups in total. The minimum atomic E-state index is -2.78. The summed E-state index contributed by atoms with van der Waals surface area (Å²) in [6.07, 6.45) is -2.39. The Kier molecular flexibility index (Phi) is 11.5. The Bertz CT molecular complexity index is 1910. The average Bonchev–Trinajstić information content (AvgIpc) is 3.79. The molecule has 54 heavy (non-hydrogen) atoms. The van der Waals surface area contributed by atoms with Gasteiger partial charge in [-0.3, -0.25) is 4.79 Å². The largest absolute Gasteiger partial charge is 0.480 e. The molecule has 0 unspecified atom stereocenters. The van der Waals surface area contributed by atoms with E-state index in [1.165, 1.54) is 18.2 Å². The number of carboxylic acids is 4. The van der Waals surface area contributed by atoms with Gasteiger partial charge in [-0.05, 0) is 48.2 Å². The van der Waals surface area contributed by atoms with E-state index in [0.29, 0.717) is 26.2 Å². The van der Waals surface area contributed by atoms with Crippen LogP contribution in [-0.2, 0) is 46.6 Å². The molecule has 2 aromatic rings. The summed E-state index contributed by atoms with van der Waals surface area (Å²) >= 11 is 23.5. The van der Waals surface area contributed by atoms with Gasteiger partial charge >= 0.3 is 30.0 Å². The van der Waals surface area contributed by atoms with Gasteiger partial charge in [0.15, 0.2) is 5.54 Å². The van der Waals surface area contributed by atoms with Gasteiger partial charge in [0.1, 0.15) is 12.1 Å². The Morgan fingerprint density at radius 1 is 0.759 bits per heavy atom. The van der Waals surface area contributed by atoms with Crippen LogP contribution in [0.15, 0.2) is 49.1 Å². The SMILES string of the molecule is C=CCOC(=O)N[C@@]1(C(=O)O)[C@H](OCc2ccc(Cl)c(Cl)c2)C[C@@H]2[C@H]1[C@@]2(F)C(=O)O.N[C@]1(C(=O)O)[C@H]2[C@@H](C[C@H]1OCc1ccc(Cl)c(Cl)c1)[C@]2(F)C(=O)O. The summed E-state index contributed by atoms with van der Waals surface area (Å²) in [5.41, 5.74) is -2.71. The van der Waals surface area contributed by atoms with Gasteiger partial charge in [0.25, 0.3) is 0 Å². The fourth-order valence-corrected chi connectivity index (χ4v) is 8.41. The van der Waals surface area contributed by atoms with Crippen LogP contribution < -0.4 is 11.1 Å². The molecule has 0 aliphatic heterocycles. The average molecular weight is 840 g/mol. The predicted molar refractivity (Wildman–Crippen MR) is 186 cm³/mol. The first kappa shape index (κ1) is 41.4. The monoisotopic (exact) mass is 838 g/mol. The second-order valence-electron chi connectivity index (χ2n) is 13.3. The number of nitrogens with two attached hydrogens (primary N) is 1. The Balaban J connectivity index is 0.000000213. The Hall–Kier alpha value is -3.77. The number of hydrogen-bond donors (Lipinski definition) is 6. The topological polar surface area (TPSA) is 232 Å². The number of alkyl halides is 2. The number of hydrogen-bond acceptors (Lipinski definition) is 9. The van der Waals surface area contributed by atoms with E-state index in [1.807, 2.05) is 0 Å². The molecule has 292 valence electrons. The number of rotatable bonds is 13. The molecule has 0 saturated heterocycles. The van der Waals surface area contributed by atoms with E-state index < -0.39 is 88.3 Å². The number of fused-ring (bicyclic) bond motifs is 2. The second kappa shape index (κ2) is 15.0. The highest BCUT2D eigenvalue weighted by atomic mass is 35.5. The normalized spacial score (nSPS) is 34.0. The van der Waals surface area contributed by atoms with Gasteiger partial charge in [0.05, 0.1) is 45.5 Å². The molecule has 0 spiro atoms. The van der Waals surface area contributed by atoms with Crippen molar-refractivity contribution in [1.29, 1.82) is 0 Å². The van der Waals surface area contributed by atoms with Crippen molar-refractivity contribution in [2.24, 2.45) is 29.4 Å². The van der Waals surface area contributed by atoms with Gasteiger partial charge < -0.3 is 45.7 Å². The van der Waals surface area contributed by atoms with Crippen molar-refractivity contribution < 1.29 is 67.4 Å². The number of benzene rings is 2. The van der Waals surface area contributed by atoms with Crippen molar-refractivity contribution in [3.63, 3.8) is 0 Å². The maximum Gasteiger partial charge on any atom is 0.408 e. The zero-order valence-electron chi connectivity index (χ0n) is 27.6. The van der Waals surface area contributed by atoms with Crippen molar-refractivity contribution >= 4 is 76.4 Å². The number of carboxylic acid groups (broad SMARTS) is 4. The van der Waals surface area contributed by atoms with Crippen LogP contribution in [0, 0.1) is 23.7 Å². The molecule has 2 aromatic carbocycles. The Labute approximate surface area is 325 Å². The van der Waals surface area contributed by atoms with Crippen LogP contribution in [0.2, 0.25) is 20.1 Å². The molecule has 0 aromatic heterocycles. The van der Waals surface area contributed by atoms with E-state index in [-0.39, 0.29) is 37.7 Å². The highest BCUT2D eigenvalue weighted by molar-refractivity contribution is 6.42. The highest BCUT2D eigenvalue weighted by Gasteiger charge is 2.87. The van der Waals surface area contributed by atoms with Gasteiger partial charge in [0, 0.05) is 23.7 Å². The second-order valence-corrected chi connectivity index (χ2v) is 14.9. The lowest BCUT2D eigenvalue weighted by Crippen LogP contribution is -2.64.